The van der Waals surface area contributed by atoms with Crippen LogP contribution in [0.25, 0.3) is 16.6 Å². The zero-order valence-electron chi connectivity index (χ0n) is 12.0. The van der Waals surface area contributed by atoms with Gasteiger partial charge in [0.1, 0.15) is 5.82 Å². The summed E-state index contributed by atoms with van der Waals surface area (Å²) >= 11 is 0. The van der Waals surface area contributed by atoms with Crippen molar-refractivity contribution in [2.75, 3.05) is 5.73 Å². The number of nitrogen functional groups attached to an aromatic ring is 1. The lowest BCUT2D eigenvalue weighted by Crippen LogP contribution is -2.06. The van der Waals surface area contributed by atoms with Crippen LogP contribution in [0.5, 0.6) is 0 Å². The number of hydrogen-bond donors (Lipinski definition) is 1. The first-order valence-electron chi connectivity index (χ1n) is 7.05. The summed E-state index contributed by atoms with van der Waals surface area (Å²) in [5.74, 6) is 1.27. The van der Waals surface area contributed by atoms with E-state index in [2.05, 4.69) is 45.4 Å². The van der Waals surface area contributed by atoms with E-state index in [0.717, 1.165) is 22.3 Å². The molecule has 0 aliphatic carbocycles. The maximum atomic E-state index is 5.77. The zero-order chi connectivity index (χ0) is 15.1. The molecule has 6 nitrogen and oxygen atoms in total. The van der Waals surface area contributed by atoms with Gasteiger partial charge in [-0.3, -0.25) is 4.98 Å². The molecule has 0 saturated heterocycles. The molecule has 22 heavy (non-hydrogen) atoms. The second-order valence-corrected chi connectivity index (χ2v) is 5.26. The van der Waals surface area contributed by atoms with Gasteiger partial charge in [0.2, 0.25) is 0 Å². The third kappa shape index (κ3) is 1.96. The first-order chi connectivity index (χ1) is 10.7. The first kappa shape index (κ1) is 12.7. The Morgan fingerprint density at radius 1 is 1.09 bits per heavy atom. The molecule has 0 radical (unpaired) electrons. The summed E-state index contributed by atoms with van der Waals surface area (Å²) in [6, 6.07) is 13.7. The van der Waals surface area contributed by atoms with Gasteiger partial charge in [-0.1, -0.05) is 19.1 Å². The molecule has 0 aliphatic rings. The van der Waals surface area contributed by atoms with E-state index in [4.69, 9.17) is 5.73 Å². The van der Waals surface area contributed by atoms with Gasteiger partial charge in [0, 0.05) is 17.5 Å². The average molecular weight is 290 g/mol. The maximum absolute atomic E-state index is 5.77. The van der Waals surface area contributed by atoms with Crippen molar-refractivity contribution < 1.29 is 0 Å². The molecule has 0 bridgehead atoms. The third-order valence-corrected chi connectivity index (χ3v) is 3.82. The van der Waals surface area contributed by atoms with E-state index in [9.17, 15) is 0 Å². The Kier molecular flexibility index (Phi) is 2.75. The van der Waals surface area contributed by atoms with Crippen LogP contribution in [0, 0.1) is 0 Å². The minimum absolute atomic E-state index is 0.0499. The van der Waals surface area contributed by atoms with Crippen molar-refractivity contribution >= 4 is 22.4 Å². The predicted molar refractivity (Wildman–Crippen MR) is 84.5 cm³/mol. The minimum Gasteiger partial charge on any atom is -0.382 e. The van der Waals surface area contributed by atoms with Gasteiger partial charge in [0.05, 0.1) is 5.52 Å². The topological polar surface area (TPSA) is 82.0 Å². The Balaban J connectivity index is 1.84. The van der Waals surface area contributed by atoms with Crippen LogP contribution in [0.4, 0.5) is 5.82 Å². The lowest BCUT2D eigenvalue weighted by Gasteiger charge is -2.10. The van der Waals surface area contributed by atoms with Crippen LogP contribution in [0.2, 0.25) is 0 Å². The van der Waals surface area contributed by atoms with Crippen molar-refractivity contribution in [1.29, 1.82) is 0 Å². The number of hydrogen-bond acceptors (Lipinski definition) is 5. The zero-order valence-corrected chi connectivity index (χ0v) is 12.0. The highest BCUT2D eigenvalue weighted by Gasteiger charge is 2.17. The number of nitrogens with zero attached hydrogens (tertiary/aromatic N) is 5. The third-order valence-electron chi connectivity index (χ3n) is 3.82. The fraction of sp³-hybridized carbons (Fsp3) is 0.125. The summed E-state index contributed by atoms with van der Waals surface area (Å²) in [5.41, 5.74) is 8.58. The van der Waals surface area contributed by atoms with Crippen molar-refractivity contribution in [2.24, 2.45) is 0 Å². The maximum Gasteiger partial charge on any atom is 0.178 e. The molecular formula is C16H14N6. The molecule has 0 amide bonds. The highest BCUT2D eigenvalue weighted by molar-refractivity contribution is 5.79. The van der Waals surface area contributed by atoms with Crippen LogP contribution in [0.1, 0.15) is 24.2 Å². The number of rotatable bonds is 2. The molecular weight excluding hydrogens is 276 g/mol. The van der Waals surface area contributed by atoms with Gasteiger partial charge in [-0.05, 0) is 35.9 Å². The van der Waals surface area contributed by atoms with Gasteiger partial charge < -0.3 is 5.73 Å². The number of nitrogens with two attached hydrogens (primary N) is 1. The monoisotopic (exact) mass is 290 g/mol. The summed E-state index contributed by atoms with van der Waals surface area (Å²) in [6.07, 6.45) is 1.80. The Bertz CT molecular complexity index is 975. The highest BCUT2D eigenvalue weighted by atomic mass is 15.4. The smallest absolute Gasteiger partial charge is 0.178 e. The van der Waals surface area contributed by atoms with E-state index in [1.54, 1.807) is 16.8 Å². The lowest BCUT2D eigenvalue weighted by molar-refractivity contribution is 0.754. The largest absolute Gasteiger partial charge is 0.382 e. The van der Waals surface area contributed by atoms with Gasteiger partial charge in [-0.25, -0.2) is 0 Å². The van der Waals surface area contributed by atoms with Crippen LogP contribution >= 0.6 is 0 Å². The number of benzene rings is 1. The number of anilines is 1. The fourth-order valence-corrected chi connectivity index (χ4v) is 2.60. The summed E-state index contributed by atoms with van der Waals surface area (Å²) < 4.78 is 1.70. The molecule has 4 rings (SSSR count). The van der Waals surface area contributed by atoms with E-state index in [0.29, 0.717) is 11.5 Å². The van der Waals surface area contributed by atoms with E-state index < -0.39 is 0 Å². The van der Waals surface area contributed by atoms with E-state index in [1.165, 1.54) is 0 Å². The Morgan fingerprint density at radius 2 is 2.00 bits per heavy atom. The van der Waals surface area contributed by atoms with Crippen LogP contribution < -0.4 is 5.73 Å². The van der Waals surface area contributed by atoms with Crippen molar-refractivity contribution in [2.45, 2.75) is 12.8 Å². The molecule has 0 spiro atoms. The normalized spacial score (nSPS) is 12.8. The van der Waals surface area contributed by atoms with Crippen LogP contribution in [-0.2, 0) is 0 Å². The molecule has 1 unspecified atom stereocenters. The van der Waals surface area contributed by atoms with Crippen molar-refractivity contribution in [3.8, 4) is 0 Å². The second-order valence-electron chi connectivity index (χ2n) is 5.26. The van der Waals surface area contributed by atoms with E-state index in [1.807, 2.05) is 18.2 Å². The molecule has 3 aromatic heterocycles. The van der Waals surface area contributed by atoms with Crippen molar-refractivity contribution in [3.05, 3.63) is 60.0 Å². The second kappa shape index (κ2) is 4.77. The molecule has 0 fully saturated rings. The number of fused-ring (bicyclic) bond motifs is 2. The predicted octanol–water partition coefficient (Wildman–Crippen LogP) is 2.41. The first-order valence-corrected chi connectivity index (χ1v) is 7.05. The number of aromatic nitrogens is 5. The summed E-state index contributed by atoms with van der Waals surface area (Å²) in [6.45, 7) is 2.08. The highest BCUT2D eigenvalue weighted by Crippen LogP contribution is 2.25. The Morgan fingerprint density at radius 3 is 2.91 bits per heavy atom. The summed E-state index contributed by atoms with van der Waals surface area (Å²) in [7, 11) is 0. The number of pyridine rings is 1. The van der Waals surface area contributed by atoms with Gasteiger partial charge in [0.15, 0.2) is 11.5 Å². The molecule has 3 heterocycles. The van der Waals surface area contributed by atoms with Crippen molar-refractivity contribution in [3.63, 3.8) is 0 Å². The molecule has 108 valence electrons. The van der Waals surface area contributed by atoms with Gasteiger partial charge in [0.25, 0.3) is 0 Å². The van der Waals surface area contributed by atoms with Gasteiger partial charge in [-0.2, -0.15) is 4.52 Å². The van der Waals surface area contributed by atoms with Crippen LogP contribution in [0.15, 0.2) is 48.7 Å². The molecule has 1 atom stereocenters. The lowest BCUT2D eigenvalue weighted by atomic mass is 9.98. The molecule has 6 heteroatoms. The molecule has 2 N–H and O–H groups in total. The molecule has 4 aromatic rings. The standard InChI is InChI=1S/C16H14N6/c1-10(11-4-5-13-12(9-11)3-2-8-18-13)16-20-19-15-7-6-14(17)21-22(15)16/h2-10H,1H3,(H2,17,21). The van der Waals surface area contributed by atoms with Crippen LogP contribution in [-0.4, -0.2) is 24.8 Å². The SMILES string of the molecule is CC(c1ccc2ncccc2c1)c1nnc2ccc(N)nn12. The molecule has 0 saturated carbocycles. The minimum atomic E-state index is 0.0499. The summed E-state index contributed by atoms with van der Waals surface area (Å²) in [5, 5.41) is 13.8. The summed E-state index contributed by atoms with van der Waals surface area (Å²) in [4.78, 5) is 4.34. The quantitative estimate of drug-likeness (QED) is 0.613. The average Bonchev–Trinajstić information content (AvgIpc) is 2.96. The van der Waals surface area contributed by atoms with Crippen LogP contribution in [0.3, 0.4) is 0 Å². The fourth-order valence-electron chi connectivity index (χ4n) is 2.60. The van der Waals surface area contributed by atoms with E-state index >= 15 is 0 Å². The molecule has 1 aromatic carbocycles. The Hall–Kier alpha value is -3.02. The van der Waals surface area contributed by atoms with Gasteiger partial charge >= 0.3 is 0 Å². The van der Waals surface area contributed by atoms with Crippen molar-refractivity contribution in [1.82, 2.24) is 24.8 Å². The van der Waals surface area contributed by atoms with Gasteiger partial charge in [-0.15, -0.1) is 15.3 Å². The Labute approximate surface area is 126 Å². The molecule has 0 aliphatic heterocycles. The van der Waals surface area contributed by atoms with E-state index in [-0.39, 0.29) is 5.92 Å².